The molecule has 0 fully saturated rings. The lowest BCUT2D eigenvalue weighted by Crippen LogP contribution is -2.15. The van der Waals surface area contributed by atoms with Gasteiger partial charge in [-0.25, -0.2) is 4.98 Å². The molecule has 7 heteroatoms. The molecule has 0 aliphatic carbocycles. The van der Waals surface area contributed by atoms with Crippen molar-refractivity contribution in [3.63, 3.8) is 0 Å². The predicted octanol–water partition coefficient (Wildman–Crippen LogP) is 3.10. The standard InChI is InChI=1S/C16H12N4O3/c1-10-11(7-4-8-15(10)20(22)23)19-16(21)14-9-17-12-5-2-3-6-13(12)18-14/h2-9H,1H3,(H,19,21). The molecule has 0 aliphatic rings. The maximum atomic E-state index is 12.3. The van der Waals surface area contributed by atoms with Crippen LogP contribution in [-0.4, -0.2) is 20.8 Å². The summed E-state index contributed by atoms with van der Waals surface area (Å²) in [5.74, 6) is -0.466. The molecule has 0 radical (unpaired) electrons. The first-order valence-electron chi connectivity index (χ1n) is 6.83. The van der Waals surface area contributed by atoms with Gasteiger partial charge < -0.3 is 5.32 Å². The normalized spacial score (nSPS) is 10.5. The van der Waals surface area contributed by atoms with Gasteiger partial charge in [0.1, 0.15) is 5.69 Å². The lowest BCUT2D eigenvalue weighted by Gasteiger charge is -2.08. The average molecular weight is 308 g/mol. The van der Waals surface area contributed by atoms with E-state index in [9.17, 15) is 14.9 Å². The number of nitrogens with one attached hydrogen (secondary N) is 1. The van der Waals surface area contributed by atoms with Crippen LogP contribution < -0.4 is 5.32 Å². The first-order chi connectivity index (χ1) is 11.1. The number of nitrogens with zero attached hydrogens (tertiary/aromatic N) is 3. The zero-order valence-electron chi connectivity index (χ0n) is 12.2. The molecule has 0 saturated carbocycles. The zero-order valence-corrected chi connectivity index (χ0v) is 12.2. The molecule has 1 N–H and O–H groups in total. The van der Waals surface area contributed by atoms with Crippen molar-refractivity contribution in [2.45, 2.75) is 6.92 Å². The van der Waals surface area contributed by atoms with Gasteiger partial charge in [0.15, 0.2) is 0 Å². The molecule has 2 aromatic carbocycles. The zero-order chi connectivity index (χ0) is 16.4. The van der Waals surface area contributed by atoms with Crippen LogP contribution in [-0.2, 0) is 0 Å². The quantitative estimate of drug-likeness (QED) is 0.592. The summed E-state index contributed by atoms with van der Waals surface area (Å²) in [7, 11) is 0. The van der Waals surface area contributed by atoms with Crippen LogP contribution in [0.15, 0.2) is 48.7 Å². The Balaban J connectivity index is 1.92. The van der Waals surface area contributed by atoms with Crippen molar-refractivity contribution >= 4 is 28.3 Å². The Kier molecular flexibility index (Phi) is 3.68. The molecule has 0 unspecified atom stereocenters. The van der Waals surface area contributed by atoms with Crippen LogP contribution in [0, 0.1) is 17.0 Å². The summed E-state index contributed by atoms with van der Waals surface area (Å²) in [5.41, 5.74) is 2.16. The highest BCUT2D eigenvalue weighted by atomic mass is 16.6. The smallest absolute Gasteiger partial charge is 0.275 e. The number of hydrogen-bond donors (Lipinski definition) is 1. The van der Waals surface area contributed by atoms with Crippen LogP contribution in [0.2, 0.25) is 0 Å². The van der Waals surface area contributed by atoms with Crippen LogP contribution in [0.25, 0.3) is 11.0 Å². The molecular formula is C16H12N4O3. The van der Waals surface area contributed by atoms with Gasteiger partial charge in [0.05, 0.1) is 33.4 Å². The fourth-order valence-corrected chi connectivity index (χ4v) is 2.21. The second-order valence-corrected chi connectivity index (χ2v) is 4.90. The van der Waals surface area contributed by atoms with Gasteiger partial charge in [-0.1, -0.05) is 18.2 Å². The molecule has 0 atom stereocenters. The van der Waals surface area contributed by atoms with E-state index in [4.69, 9.17) is 0 Å². The Morgan fingerprint density at radius 3 is 2.61 bits per heavy atom. The van der Waals surface area contributed by atoms with E-state index < -0.39 is 10.8 Å². The van der Waals surface area contributed by atoms with E-state index in [0.717, 1.165) is 0 Å². The van der Waals surface area contributed by atoms with Crippen LogP contribution in [0.5, 0.6) is 0 Å². The third kappa shape index (κ3) is 2.84. The molecule has 3 rings (SSSR count). The first kappa shape index (κ1) is 14.6. The Morgan fingerprint density at radius 1 is 1.13 bits per heavy atom. The fraction of sp³-hybridized carbons (Fsp3) is 0.0625. The van der Waals surface area contributed by atoms with Gasteiger partial charge in [-0.3, -0.25) is 19.9 Å². The van der Waals surface area contributed by atoms with E-state index in [-0.39, 0.29) is 11.4 Å². The summed E-state index contributed by atoms with van der Waals surface area (Å²) in [5, 5.41) is 13.6. The number of hydrogen-bond acceptors (Lipinski definition) is 5. The van der Waals surface area contributed by atoms with Crippen molar-refractivity contribution < 1.29 is 9.72 Å². The average Bonchev–Trinajstić information content (AvgIpc) is 2.56. The minimum atomic E-state index is -0.485. The molecule has 0 bridgehead atoms. The topological polar surface area (TPSA) is 98.0 Å². The maximum Gasteiger partial charge on any atom is 0.275 e. The largest absolute Gasteiger partial charge is 0.320 e. The number of benzene rings is 2. The Bertz CT molecular complexity index is 924. The van der Waals surface area contributed by atoms with E-state index in [2.05, 4.69) is 15.3 Å². The summed E-state index contributed by atoms with van der Waals surface area (Å²) in [6.45, 7) is 1.58. The van der Waals surface area contributed by atoms with Crippen LogP contribution in [0.3, 0.4) is 0 Å². The number of anilines is 1. The molecular weight excluding hydrogens is 296 g/mol. The lowest BCUT2D eigenvalue weighted by atomic mass is 10.1. The number of fused-ring (bicyclic) bond motifs is 1. The number of para-hydroxylation sites is 2. The van der Waals surface area contributed by atoms with E-state index in [1.807, 2.05) is 12.1 Å². The number of rotatable bonds is 3. The maximum absolute atomic E-state index is 12.3. The molecule has 114 valence electrons. The van der Waals surface area contributed by atoms with Crippen molar-refractivity contribution in [2.75, 3.05) is 5.32 Å². The summed E-state index contributed by atoms with van der Waals surface area (Å²) < 4.78 is 0. The number of aromatic nitrogens is 2. The predicted molar refractivity (Wildman–Crippen MR) is 85.3 cm³/mol. The molecule has 3 aromatic rings. The third-order valence-corrected chi connectivity index (χ3v) is 3.43. The van der Waals surface area contributed by atoms with Crippen LogP contribution >= 0.6 is 0 Å². The molecule has 0 saturated heterocycles. The molecule has 1 amide bonds. The molecule has 23 heavy (non-hydrogen) atoms. The molecule has 0 spiro atoms. The van der Waals surface area contributed by atoms with Crippen molar-refractivity contribution in [1.29, 1.82) is 0 Å². The van der Waals surface area contributed by atoms with E-state index >= 15 is 0 Å². The van der Waals surface area contributed by atoms with Crippen LogP contribution in [0.1, 0.15) is 16.1 Å². The van der Waals surface area contributed by atoms with Gasteiger partial charge in [0.25, 0.3) is 11.6 Å². The van der Waals surface area contributed by atoms with Gasteiger partial charge in [0.2, 0.25) is 0 Å². The summed E-state index contributed by atoms with van der Waals surface area (Å²) in [6.07, 6.45) is 1.38. The summed E-state index contributed by atoms with van der Waals surface area (Å²) >= 11 is 0. The number of carbonyl (C=O) groups is 1. The summed E-state index contributed by atoms with van der Waals surface area (Å²) in [4.78, 5) is 31.2. The van der Waals surface area contributed by atoms with Crippen molar-refractivity contribution in [3.8, 4) is 0 Å². The van der Waals surface area contributed by atoms with E-state index in [1.54, 1.807) is 25.1 Å². The van der Waals surface area contributed by atoms with E-state index in [0.29, 0.717) is 22.3 Å². The van der Waals surface area contributed by atoms with Gasteiger partial charge in [-0.05, 0) is 25.1 Å². The van der Waals surface area contributed by atoms with Crippen LogP contribution in [0.4, 0.5) is 11.4 Å². The number of nitro benzene ring substituents is 1. The SMILES string of the molecule is Cc1c(NC(=O)c2cnc3ccccc3n2)cccc1[N+](=O)[O-]. The van der Waals surface area contributed by atoms with Crippen molar-refractivity contribution in [1.82, 2.24) is 9.97 Å². The van der Waals surface area contributed by atoms with Crippen molar-refractivity contribution in [3.05, 3.63) is 70.0 Å². The second-order valence-electron chi connectivity index (χ2n) is 4.90. The van der Waals surface area contributed by atoms with Gasteiger partial charge >= 0.3 is 0 Å². The molecule has 0 aliphatic heterocycles. The van der Waals surface area contributed by atoms with Gasteiger partial charge in [0, 0.05) is 6.07 Å². The second kappa shape index (κ2) is 5.80. The number of amides is 1. The van der Waals surface area contributed by atoms with Gasteiger partial charge in [-0.2, -0.15) is 0 Å². The molecule has 7 nitrogen and oxygen atoms in total. The van der Waals surface area contributed by atoms with Gasteiger partial charge in [-0.15, -0.1) is 0 Å². The third-order valence-electron chi connectivity index (χ3n) is 3.43. The summed E-state index contributed by atoms with van der Waals surface area (Å²) in [6, 6.07) is 11.7. The minimum absolute atomic E-state index is 0.0487. The molecule has 1 aromatic heterocycles. The van der Waals surface area contributed by atoms with Crippen molar-refractivity contribution in [2.24, 2.45) is 0 Å². The fourth-order valence-electron chi connectivity index (χ4n) is 2.21. The highest BCUT2D eigenvalue weighted by Gasteiger charge is 2.16. The monoisotopic (exact) mass is 308 g/mol. The minimum Gasteiger partial charge on any atom is -0.320 e. The Morgan fingerprint density at radius 2 is 1.87 bits per heavy atom. The first-order valence-corrected chi connectivity index (χ1v) is 6.83. The highest BCUT2D eigenvalue weighted by Crippen LogP contribution is 2.25. The Labute approximate surface area is 131 Å². The van der Waals surface area contributed by atoms with E-state index in [1.165, 1.54) is 18.3 Å². The number of nitro groups is 1. The Hall–Kier alpha value is -3.35. The number of carbonyl (C=O) groups excluding carboxylic acids is 1. The lowest BCUT2D eigenvalue weighted by molar-refractivity contribution is -0.385. The highest BCUT2D eigenvalue weighted by molar-refractivity contribution is 6.04. The molecule has 1 heterocycles.